The van der Waals surface area contributed by atoms with Gasteiger partial charge in [-0.15, -0.1) is 0 Å². The molecule has 0 radical (unpaired) electrons. The number of hydrogen-bond acceptors (Lipinski definition) is 2. The number of amides is 1. The number of carbonyl (C=O) groups is 1. The lowest BCUT2D eigenvalue weighted by atomic mass is 10.0. The molecule has 1 unspecified atom stereocenters. The first-order chi connectivity index (χ1) is 7.16. The van der Waals surface area contributed by atoms with Gasteiger partial charge >= 0.3 is 6.09 Å². The van der Waals surface area contributed by atoms with E-state index >= 15 is 0 Å². The molecular weight excluding hydrogens is 199 g/mol. The van der Waals surface area contributed by atoms with Crippen LogP contribution >= 0.6 is 0 Å². The predicted molar refractivity (Wildman–Crippen MR) is 55.6 cm³/mol. The third-order valence-electron chi connectivity index (χ3n) is 2.75. The molecule has 1 saturated heterocycles. The van der Waals surface area contributed by atoms with Crippen molar-refractivity contribution in [2.24, 2.45) is 0 Å². The zero-order chi connectivity index (χ0) is 11.3. The fraction of sp³-hybridized carbons (Fsp3) is 0.900. The molecule has 1 aliphatic rings. The molecular formula is C10H19FN2O2. The molecule has 15 heavy (non-hydrogen) atoms. The molecule has 0 spiro atoms. The number of rotatable bonds is 4. The molecule has 0 aromatic heterocycles. The second-order valence-electron chi connectivity index (χ2n) is 3.89. The lowest BCUT2D eigenvalue weighted by Crippen LogP contribution is -2.49. The molecule has 1 heterocycles. The van der Waals surface area contributed by atoms with Gasteiger partial charge in [-0.3, -0.25) is 4.90 Å². The van der Waals surface area contributed by atoms with E-state index in [1.807, 2.05) is 6.92 Å². The summed E-state index contributed by atoms with van der Waals surface area (Å²) in [5, 5.41) is 12.1. The molecule has 1 rings (SSSR count). The smallest absolute Gasteiger partial charge is 0.409 e. The Labute approximate surface area is 89.4 Å². The molecule has 0 aromatic carbocycles. The Morgan fingerprint density at radius 3 is 2.67 bits per heavy atom. The van der Waals surface area contributed by atoms with Crippen LogP contribution in [0.4, 0.5) is 9.18 Å². The SMILES string of the molecule is CCCC(F)N(C(=O)O)C1CCNCC1. The van der Waals surface area contributed by atoms with E-state index in [1.165, 1.54) is 0 Å². The van der Waals surface area contributed by atoms with E-state index in [0.29, 0.717) is 19.3 Å². The highest BCUT2D eigenvalue weighted by molar-refractivity contribution is 5.65. The molecule has 1 fully saturated rings. The molecule has 1 amide bonds. The van der Waals surface area contributed by atoms with Crippen molar-refractivity contribution < 1.29 is 14.3 Å². The van der Waals surface area contributed by atoms with Gasteiger partial charge in [-0.2, -0.15) is 0 Å². The lowest BCUT2D eigenvalue weighted by molar-refractivity contribution is 0.0290. The Bertz CT molecular complexity index is 208. The molecule has 0 saturated carbocycles. The average Bonchev–Trinajstić information content (AvgIpc) is 2.19. The Balaban J connectivity index is 2.58. The van der Waals surface area contributed by atoms with Crippen LogP contribution in [0.15, 0.2) is 0 Å². The monoisotopic (exact) mass is 218 g/mol. The molecule has 2 N–H and O–H groups in total. The Hall–Kier alpha value is -0.840. The first kappa shape index (κ1) is 12.2. The minimum atomic E-state index is -1.35. The van der Waals surface area contributed by atoms with Gasteiger partial charge in [-0.05, 0) is 32.4 Å². The van der Waals surface area contributed by atoms with Crippen molar-refractivity contribution in [3.8, 4) is 0 Å². The van der Waals surface area contributed by atoms with Crippen LogP contribution in [0, 0.1) is 0 Å². The maximum Gasteiger partial charge on any atom is 0.409 e. The number of nitrogens with zero attached hydrogens (tertiary/aromatic N) is 1. The maximum absolute atomic E-state index is 13.6. The van der Waals surface area contributed by atoms with Crippen LogP contribution in [-0.4, -0.2) is 41.5 Å². The number of hydrogen-bond donors (Lipinski definition) is 2. The Morgan fingerprint density at radius 1 is 1.60 bits per heavy atom. The van der Waals surface area contributed by atoms with Crippen LogP contribution in [0.1, 0.15) is 32.6 Å². The largest absolute Gasteiger partial charge is 0.465 e. The minimum Gasteiger partial charge on any atom is -0.465 e. The third kappa shape index (κ3) is 3.34. The summed E-state index contributed by atoms with van der Waals surface area (Å²) in [5.41, 5.74) is 0. The summed E-state index contributed by atoms with van der Waals surface area (Å²) in [7, 11) is 0. The zero-order valence-corrected chi connectivity index (χ0v) is 9.08. The van der Waals surface area contributed by atoms with Crippen molar-refractivity contribution in [2.75, 3.05) is 13.1 Å². The molecule has 1 atom stereocenters. The van der Waals surface area contributed by atoms with E-state index in [1.54, 1.807) is 0 Å². The predicted octanol–water partition coefficient (Wildman–Crippen LogP) is 1.81. The molecule has 0 aromatic rings. The summed E-state index contributed by atoms with van der Waals surface area (Å²) in [6.07, 6.45) is -0.127. The number of piperidine rings is 1. The van der Waals surface area contributed by atoms with E-state index in [9.17, 15) is 9.18 Å². The van der Waals surface area contributed by atoms with Crippen LogP contribution in [-0.2, 0) is 0 Å². The van der Waals surface area contributed by atoms with Crippen LogP contribution in [0.2, 0.25) is 0 Å². The van der Waals surface area contributed by atoms with Gasteiger partial charge in [0.25, 0.3) is 0 Å². The molecule has 0 aliphatic carbocycles. The quantitative estimate of drug-likeness (QED) is 0.708. The summed E-state index contributed by atoms with van der Waals surface area (Å²) in [4.78, 5) is 12.0. The molecule has 88 valence electrons. The molecule has 5 heteroatoms. The number of halogens is 1. The minimum absolute atomic E-state index is 0.162. The van der Waals surface area contributed by atoms with E-state index in [0.717, 1.165) is 18.0 Å². The van der Waals surface area contributed by atoms with Gasteiger partial charge in [0.1, 0.15) is 0 Å². The van der Waals surface area contributed by atoms with Crippen molar-refractivity contribution in [1.29, 1.82) is 0 Å². The van der Waals surface area contributed by atoms with Crippen LogP contribution < -0.4 is 5.32 Å². The van der Waals surface area contributed by atoms with Gasteiger partial charge in [0.05, 0.1) is 0 Å². The van der Waals surface area contributed by atoms with Gasteiger partial charge in [-0.25, -0.2) is 9.18 Å². The van der Waals surface area contributed by atoms with Crippen LogP contribution in [0.5, 0.6) is 0 Å². The van der Waals surface area contributed by atoms with Gasteiger partial charge in [-0.1, -0.05) is 13.3 Å². The molecule has 4 nitrogen and oxygen atoms in total. The third-order valence-corrected chi connectivity index (χ3v) is 2.75. The summed E-state index contributed by atoms with van der Waals surface area (Å²) >= 11 is 0. The maximum atomic E-state index is 13.6. The highest BCUT2D eigenvalue weighted by Crippen LogP contribution is 2.19. The van der Waals surface area contributed by atoms with Gasteiger partial charge < -0.3 is 10.4 Å². The fourth-order valence-electron chi connectivity index (χ4n) is 1.97. The molecule has 1 aliphatic heterocycles. The Morgan fingerprint density at radius 2 is 2.20 bits per heavy atom. The first-order valence-electron chi connectivity index (χ1n) is 5.52. The van der Waals surface area contributed by atoms with E-state index in [-0.39, 0.29) is 12.5 Å². The Kier molecular flexibility index (Phi) is 4.81. The van der Waals surface area contributed by atoms with Crippen LogP contribution in [0.25, 0.3) is 0 Å². The fourth-order valence-corrected chi connectivity index (χ4v) is 1.97. The van der Waals surface area contributed by atoms with Crippen LogP contribution in [0.3, 0.4) is 0 Å². The standard InChI is InChI=1S/C10H19FN2O2/c1-2-3-9(11)13(10(14)15)8-4-6-12-7-5-8/h8-9,12H,2-7H2,1H3,(H,14,15). The summed E-state index contributed by atoms with van der Waals surface area (Å²) < 4.78 is 13.6. The first-order valence-corrected chi connectivity index (χ1v) is 5.52. The lowest BCUT2D eigenvalue weighted by Gasteiger charge is -2.34. The topological polar surface area (TPSA) is 52.6 Å². The normalized spacial score (nSPS) is 19.9. The zero-order valence-electron chi connectivity index (χ0n) is 9.08. The number of alkyl halides is 1. The van der Waals surface area contributed by atoms with E-state index in [4.69, 9.17) is 5.11 Å². The number of carboxylic acid groups (broad SMARTS) is 1. The summed E-state index contributed by atoms with van der Waals surface area (Å²) in [5.74, 6) is 0. The highest BCUT2D eigenvalue weighted by atomic mass is 19.1. The van der Waals surface area contributed by atoms with E-state index < -0.39 is 12.4 Å². The van der Waals surface area contributed by atoms with Crippen molar-refractivity contribution >= 4 is 6.09 Å². The van der Waals surface area contributed by atoms with Crippen molar-refractivity contribution in [2.45, 2.75) is 44.9 Å². The van der Waals surface area contributed by atoms with E-state index in [2.05, 4.69) is 5.32 Å². The highest BCUT2D eigenvalue weighted by Gasteiger charge is 2.30. The van der Waals surface area contributed by atoms with Crippen molar-refractivity contribution in [3.05, 3.63) is 0 Å². The van der Waals surface area contributed by atoms with Gasteiger partial charge in [0.15, 0.2) is 6.30 Å². The second kappa shape index (κ2) is 5.90. The average molecular weight is 218 g/mol. The van der Waals surface area contributed by atoms with Gasteiger partial charge in [0.2, 0.25) is 0 Å². The second-order valence-corrected chi connectivity index (χ2v) is 3.89. The van der Waals surface area contributed by atoms with Gasteiger partial charge in [0, 0.05) is 6.04 Å². The molecule has 0 bridgehead atoms. The van der Waals surface area contributed by atoms with Crippen molar-refractivity contribution in [3.63, 3.8) is 0 Å². The summed E-state index contributed by atoms with van der Waals surface area (Å²) in [6.45, 7) is 3.40. The number of nitrogens with one attached hydrogen (secondary N) is 1. The van der Waals surface area contributed by atoms with Crippen molar-refractivity contribution in [1.82, 2.24) is 10.2 Å². The summed E-state index contributed by atoms with van der Waals surface area (Å²) in [6, 6.07) is -0.162.